The molecule has 0 fully saturated rings. The normalized spacial score (nSPS) is 11.1. The zero-order chi connectivity index (χ0) is 17.6. The quantitative estimate of drug-likeness (QED) is 0.609. The molecule has 3 N–H and O–H groups in total. The number of fused-ring (bicyclic) bond motifs is 1. The van der Waals surface area contributed by atoms with Crippen molar-refractivity contribution < 1.29 is 13.2 Å². The van der Waals surface area contributed by atoms with Crippen molar-refractivity contribution in [3.8, 4) is 0 Å². The number of carbonyl (C=O) groups is 1. The largest absolute Gasteiger partial charge is 0.326 e. The third kappa shape index (κ3) is 5.67. The molecule has 8 heteroatoms. The molecule has 2 aromatic rings. The average Bonchev–Trinajstić information content (AvgIpc) is 2.54. The molecule has 0 aliphatic heterocycles. The van der Waals surface area contributed by atoms with Crippen LogP contribution < -0.4 is 15.4 Å². The lowest BCUT2D eigenvalue weighted by Crippen LogP contribution is -2.32. The molecular weight excluding hydrogens is 362 g/mol. The Hall–Kier alpha value is -1.67. The summed E-state index contributed by atoms with van der Waals surface area (Å²) in [5.41, 5.74) is 0.599. The van der Waals surface area contributed by atoms with Crippen LogP contribution in [0, 0.1) is 0 Å². The molecule has 0 radical (unpaired) electrons. The van der Waals surface area contributed by atoms with E-state index in [0.29, 0.717) is 29.5 Å². The van der Waals surface area contributed by atoms with E-state index in [1.54, 1.807) is 24.3 Å². The molecule has 0 bridgehead atoms. The van der Waals surface area contributed by atoms with E-state index in [-0.39, 0.29) is 23.2 Å². The Morgan fingerprint density at radius 1 is 1.00 bits per heavy atom. The Labute approximate surface area is 154 Å². The minimum absolute atomic E-state index is 0. The maximum atomic E-state index is 12.6. The van der Waals surface area contributed by atoms with Crippen molar-refractivity contribution in [3.05, 3.63) is 36.4 Å². The molecule has 1 amide bonds. The van der Waals surface area contributed by atoms with E-state index in [0.717, 1.165) is 13.0 Å². The second-order valence-electron chi connectivity index (χ2n) is 5.49. The summed E-state index contributed by atoms with van der Waals surface area (Å²) in [7, 11) is -3.62. The fourth-order valence-electron chi connectivity index (χ4n) is 2.46. The van der Waals surface area contributed by atoms with Gasteiger partial charge in [0.2, 0.25) is 15.9 Å². The Kier molecular flexibility index (Phi) is 8.31. The SMILES string of the molecule is CCCNCCNS(=O)(=O)c1ccc(NC(C)=O)c2ccccc12.Cl. The highest BCUT2D eigenvalue weighted by atomic mass is 35.5. The van der Waals surface area contributed by atoms with Crippen LogP contribution in [0.3, 0.4) is 0 Å². The molecule has 0 saturated heterocycles. The van der Waals surface area contributed by atoms with Gasteiger partial charge in [-0.25, -0.2) is 13.1 Å². The average molecular weight is 386 g/mol. The number of benzene rings is 2. The molecule has 0 heterocycles. The van der Waals surface area contributed by atoms with E-state index in [1.807, 2.05) is 6.07 Å². The van der Waals surface area contributed by atoms with Gasteiger partial charge in [0.25, 0.3) is 0 Å². The number of carbonyl (C=O) groups excluding carboxylic acids is 1. The van der Waals surface area contributed by atoms with Crippen LogP contribution in [-0.2, 0) is 14.8 Å². The molecule has 138 valence electrons. The molecule has 0 aliphatic carbocycles. The van der Waals surface area contributed by atoms with E-state index in [4.69, 9.17) is 0 Å². The third-order valence-corrected chi connectivity index (χ3v) is 5.02. The summed E-state index contributed by atoms with van der Waals surface area (Å²) >= 11 is 0. The number of anilines is 1. The third-order valence-electron chi connectivity index (χ3n) is 3.50. The number of halogens is 1. The minimum Gasteiger partial charge on any atom is -0.326 e. The first-order valence-corrected chi connectivity index (χ1v) is 9.43. The lowest BCUT2D eigenvalue weighted by molar-refractivity contribution is -0.114. The van der Waals surface area contributed by atoms with E-state index < -0.39 is 10.0 Å². The van der Waals surface area contributed by atoms with Gasteiger partial charge in [0.1, 0.15) is 0 Å². The summed E-state index contributed by atoms with van der Waals surface area (Å²) in [5.74, 6) is -0.198. The summed E-state index contributed by atoms with van der Waals surface area (Å²) in [5, 5.41) is 7.16. The molecule has 0 saturated carbocycles. The van der Waals surface area contributed by atoms with Crippen LogP contribution in [0.4, 0.5) is 5.69 Å². The monoisotopic (exact) mass is 385 g/mol. The van der Waals surface area contributed by atoms with Gasteiger partial charge in [-0.2, -0.15) is 0 Å². The van der Waals surface area contributed by atoms with Crippen LogP contribution in [0.25, 0.3) is 10.8 Å². The molecule has 0 unspecified atom stereocenters. The van der Waals surface area contributed by atoms with E-state index in [1.165, 1.54) is 13.0 Å². The number of rotatable bonds is 8. The second-order valence-corrected chi connectivity index (χ2v) is 7.22. The number of amides is 1. The summed E-state index contributed by atoms with van der Waals surface area (Å²) in [4.78, 5) is 11.5. The zero-order valence-corrected chi connectivity index (χ0v) is 16.0. The molecule has 2 aromatic carbocycles. The highest BCUT2D eigenvalue weighted by molar-refractivity contribution is 7.89. The van der Waals surface area contributed by atoms with Gasteiger partial charge in [-0.05, 0) is 25.1 Å². The first-order valence-electron chi connectivity index (χ1n) is 7.95. The van der Waals surface area contributed by atoms with Crippen molar-refractivity contribution in [2.24, 2.45) is 0 Å². The maximum Gasteiger partial charge on any atom is 0.241 e. The van der Waals surface area contributed by atoms with Crippen molar-refractivity contribution >= 4 is 44.8 Å². The number of sulfonamides is 1. The van der Waals surface area contributed by atoms with Crippen LogP contribution in [-0.4, -0.2) is 34.0 Å². The second kappa shape index (κ2) is 9.72. The lowest BCUT2D eigenvalue weighted by Gasteiger charge is -2.13. The molecule has 0 atom stereocenters. The van der Waals surface area contributed by atoms with Gasteiger partial charge in [-0.15, -0.1) is 12.4 Å². The predicted octanol–water partition coefficient (Wildman–Crippen LogP) is 2.50. The molecule has 25 heavy (non-hydrogen) atoms. The molecule has 0 aliphatic rings. The summed E-state index contributed by atoms with van der Waals surface area (Å²) in [6, 6.07) is 10.3. The van der Waals surface area contributed by atoms with Crippen LogP contribution in [0.15, 0.2) is 41.3 Å². The predicted molar refractivity (Wildman–Crippen MR) is 104 cm³/mol. The Balaban J connectivity index is 0.00000312. The van der Waals surface area contributed by atoms with Crippen molar-refractivity contribution in [2.75, 3.05) is 25.0 Å². The summed E-state index contributed by atoms with van der Waals surface area (Å²) in [6.07, 6.45) is 1.00. The van der Waals surface area contributed by atoms with Crippen LogP contribution in [0.2, 0.25) is 0 Å². The smallest absolute Gasteiger partial charge is 0.241 e. The Bertz CT molecular complexity index is 825. The topological polar surface area (TPSA) is 87.3 Å². The van der Waals surface area contributed by atoms with Gasteiger partial charge in [0.15, 0.2) is 0 Å². The van der Waals surface area contributed by atoms with Gasteiger partial charge >= 0.3 is 0 Å². The number of hydrogen-bond acceptors (Lipinski definition) is 4. The first kappa shape index (κ1) is 21.4. The van der Waals surface area contributed by atoms with Crippen LogP contribution in [0.1, 0.15) is 20.3 Å². The van der Waals surface area contributed by atoms with Gasteiger partial charge in [0, 0.05) is 36.5 Å². The van der Waals surface area contributed by atoms with Crippen molar-refractivity contribution in [1.82, 2.24) is 10.0 Å². The van der Waals surface area contributed by atoms with Gasteiger partial charge in [0.05, 0.1) is 4.90 Å². The standard InChI is InChI=1S/C17H23N3O3S.ClH/c1-3-10-18-11-12-19-24(22,23)17-9-8-16(20-13(2)21)14-6-4-5-7-15(14)17;/h4-9,18-19H,3,10-12H2,1-2H3,(H,20,21);1H. The summed E-state index contributed by atoms with van der Waals surface area (Å²) < 4.78 is 27.8. The van der Waals surface area contributed by atoms with Gasteiger partial charge in [-0.1, -0.05) is 31.2 Å². The van der Waals surface area contributed by atoms with E-state index in [9.17, 15) is 13.2 Å². The fourth-order valence-corrected chi connectivity index (χ4v) is 3.70. The highest BCUT2D eigenvalue weighted by Crippen LogP contribution is 2.29. The molecule has 0 spiro atoms. The summed E-state index contributed by atoms with van der Waals surface area (Å²) in [6.45, 7) is 5.24. The number of hydrogen-bond donors (Lipinski definition) is 3. The Morgan fingerprint density at radius 3 is 2.32 bits per heavy atom. The molecule has 6 nitrogen and oxygen atoms in total. The van der Waals surface area contributed by atoms with Crippen LogP contribution in [0.5, 0.6) is 0 Å². The first-order chi connectivity index (χ1) is 11.5. The molecular formula is C17H24ClN3O3S. The molecule has 2 rings (SSSR count). The fraction of sp³-hybridized carbons (Fsp3) is 0.353. The minimum atomic E-state index is -3.62. The van der Waals surface area contributed by atoms with Crippen LogP contribution >= 0.6 is 12.4 Å². The maximum absolute atomic E-state index is 12.6. The van der Waals surface area contributed by atoms with Crippen molar-refractivity contribution in [3.63, 3.8) is 0 Å². The Morgan fingerprint density at radius 2 is 1.68 bits per heavy atom. The van der Waals surface area contributed by atoms with Crippen molar-refractivity contribution in [1.29, 1.82) is 0 Å². The van der Waals surface area contributed by atoms with E-state index >= 15 is 0 Å². The van der Waals surface area contributed by atoms with Crippen molar-refractivity contribution in [2.45, 2.75) is 25.2 Å². The zero-order valence-electron chi connectivity index (χ0n) is 14.3. The van der Waals surface area contributed by atoms with Gasteiger partial charge < -0.3 is 10.6 Å². The molecule has 0 aromatic heterocycles. The van der Waals surface area contributed by atoms with E-state index in [2.05, 4.69) is 22.3 Å². The van der Waals surface area contributed by atoms with Gasteiger partial charge in [-0.3, -0.25) is 4.79 Å². The highest BCUT2D eigenvalue weighted by Gasteiger charge is 2.18. The lowest BCUT2D eigenvalue weighted by atomic mass is 10.1. The number of nitrogens with one attached hydrogen (secondary N) is 3.